The van der Waals surface area contributed by atoms with E-state index in [2.05, 4.69) is 5.32 Å². The minimum absolute atomic E-state index is 0.0668. The molecular weight excluding hydrogens is 332 g/mol. The number of benzene rings is 1. The summed E-state index contributed by atoms with van der Waals surface area (Å²) in [7, 11) is 0. The van der Waals surface area contributed by atoms with Gasteiger partial charge in [0.15, 0.2) is 0 Å². The summed E-state index contributed by atoms with van der Waals surface area (Å²) in [6, 6.07) is 7.56. The van der Waals surface area contributed by atoms with Gasteiger partial charge in [0.2, 0.25) is 5.91 Å². The molecule has 4 unspecified atom stereocenters. The first-order chi connectivity index (χ1) is 12.5. The Morgan fingerprint density at radius 2 is 1.88 bits per heavy atom. The lowest BCUT2D eigenvalue weighted by Crippen LogP contribution is -2.52. The normalized spacial score (nSPS) is 26.0. The summed E-state index contributed by atoms with van der Waals surface area (Å²) in [5.41, 5.74) is 0.571. The van der Waals surface area contributed by atoms with Crippen LogP contribution in [0.4, 0.5) is 0 Å². The zero-order valence-corrected chi connectivity index (χ0v) is 15.1. The second kappa shape index (κ2) is 7.89. The molecule has 0 aromatic heterocycles. The van der Waals surface area contributed by atoms with Crippen LogP contribution in [0.15, 0.2) is 30.3 Å². The molecule has 1 aromatic rings. The van der Waals surface area contributed by atoms with Crippen LogP contribution in [-0.2, 0) is 9.59 Å². The number of carbonyl (C=O) groups excluding carboxylic acids is 2. The summed E-state index contributed by atoms with van der Waals surface area (Å²) in [5, 5.41) is 11.9. The fourth-order valence-corrected chi connectivity index (χ4v) is 4.32. The number of amides is 2. The van der Waals surface area contributed by atoms with Gasteiger partial charge in [0, 0.05) is 11.6 Å². The number of nitrogens with one attached hydrogen (secondary N) is 1. The topological polar surface area (TPSA) is 86.7 Å². The molecule has 1 saturated carbocycles. The SMILES string of the molecule is CCC(NC(=O)C1CC2CCCCC2N1C(=O)c1ccccc1)C(=O)O. The van der Waals surface area contributed by atoms with E-state index in [-0.39, 0.29) is 17.9 Å². The van der Waals surface area contributed by atoms with Gasteiger partial charge in [-0.3, -0.25) is 9.59 Å². The van der Waals surface area contributed by atoms with Crippen molar-refractivity contribution in [1.82, 2.24) is 10.2 Å². The summed E-state index contributed by atoms with van der Waals surface area (Å²) in [4.78, 5) is 39.0. The van der Waals surface area contributed by atoms with Crippen molar-refractivity contribution < 1.29 is 19.5 Å². The third-order valence-electron chi connectivity index (χ3n) is 5.67. The number of carboxylic acid groups (broad SMARTS) is 1. The van der Waals surface area contributed by atoms with Gasteiger partial charge < -0.3 is 15.3 Å². The van der Waals surface area contributed by atoms with Gasteiger partial charge in [-0.2, -0.15) is 0 Å². The van der Waals surface area contributed by atoms with Crippen LogP contribution in [0.5, 0.6) is 0 Å². The Morgan fingerprint density at radius 3 is 2.54 bits per heavy atom. The highest BCUT2D eigenvalue weighted by Gasteiger charge is 2.47. The van der Waals surface area contributed by atoms with Crippen LogP contribution in [-0.4, -0.2) is 45.9 Å². The van der Waals surface area contributed by atoms with Crippen molar-refractivity contribution in [3.05, 3.63) is 35.9 Å². The smallest absolute Gasteiger partial charge is 0.326 e. The molecule has 2 amide bonds. The van der Waals surface area contributed by atoms with Crippen LogP contribution in [0.3, 0.4) is 0 Å². The first-order valence-electron chi connectivity index (χ1n) is 9.43. The van der Waals surface area contributed by atoms with Crippen molar-refractivity contribution in [2.75, 3.05) is 0 Å². The van der Waals surface area contributed by atoms with Crippen molar-refractivity contribution in [2.45, 2.75) is 63.6 Å². The molecule has 6 nitrogen and oxygen atoms in total. The minimum atomic E-state index is -1.04. The number of carbonyl (C=O) groups is 3. The van der Waals surface area contributed by atoms with Crippen molar-refractivity contribution in [3.8, 4) is 0 Å². The molecule has 3 rings (SSSR count). The summed E-state index contributed by atoms with van der Waals surface area (Å²) in [6.07, 6.45) is 5.03. The zero-order valence-electron chi connectivity index (χ0n) is 15.1. The molecule has 1 aliphatic carbocycles. The number of likely N-dealkylation sites (tertiary alicyclic amines) is 1. The Hall–Kier alpha value is -2.37. The molecule has 26 heavy (non-hydrogen) atoms. The lowest BCUT2D eigenvalue weighted by Gasteiger charge is -2.34. The Morgan fingerprint density at radius 1 is 1.19 bits per heavy atom. The maximum absolute atomic E-state index is 13.1. The first kappa shape index (κ1) is 18.4. The van der Waals surface area contributed by atoms with Crippen LogP contribution in [0.1, 0.15) is 55.8 Å². The van der Waals surface area contributed by atoms with Crippen LogP contribution in [0.25, 0.3) is 0 Å². The van der Waals surface area contributed by atoms with Gasteiger partial charge in [0.1, 0.15) is 12.1 Å². The van der Waals surface area contributed by atoms with E-state index in [1.54, 1.807) is 24.0 Å². The molecule has 1 aromatic carbocycles. The van der Waals surface area contributed by atoms with E-state index in [4.69, 9.17) is 0 Å². The molecule has 2 aliphatic rings. The third kappa shape index (κ3) is 3.59. The largest absolute Gasteiger partial charge is 0.480 e. The van der Waals surface area contributed by atoms with Gasteiger partial charge in [-0.1, -0.05) is 38.0 Å². The molecule has 1 saturated heterocycles. The number of nitrogens with zero attached hydrogens (tertiary/aromatic N) is 1. The van der Waals surface area contributed by atoms with Crippen LogP contribution < -0.4 is 5.32 Å². The molecule has 0 radical (unpaired) electrons. The average molecular weight is 358 g/mol. The van der Waals surface area contributed by atoms with Gasteiger partial charge >= 0.3 is 5.97 Å². The molecule has 1 heterocycles. The van der Waals surface area contributed by atoms with Crippen LogP contribution in [0, 0.1) is 5.92 Å². The van der Waals surface area contributed by atoms with E-state index in [9.17, 15) is 19.5 Å². The summed E-state index contributed by atoms with van der Waals surface area (Å²) >= 11 is 0. The summed E-state index contributed by atoms with van der Waals surface area (Å²) in [5.74, 6) is -1.21. The molecule has 0 spiro atoms. The molecule has 1 aliphatic heterocycles. The summed E-state index contributed by atoms with van der Waals surface area (Å²) in [6.45, 7) is 1.72. The predicted octanol–water partition coefficient (Wildman–Crippen LogP) is 2.44. The van der Waals surface area contributed by atoms with E-state index in [1.165, 1.54) is 0 Å². The van der Waals surface area contributed by atoms with Crippen LogP contribution >= 0.6 is 0 Å². The van der Waals surface area contributed by atoms with Crippen molar-refractivity contribution in [1.29, 1.82) is 0 Å². The third-order valence-corrected chi connectivity index (χ3v) is 5.67. The fourth-order valence-electron chi connectivity index (χ4n) is 4.32. The molecule has 6 heteroatoms. The quantitative estimate of drug-likeness (QED) is 0.846. The Balaban J connectivity index is 1.85. The number of fused-ring (bicyclic) bond motifs is 1. The Kier molecular flexibility index (Phi) is 5.59. The maximum Gasteiger partial charge on any atom is 0.326 e. The molecule has 2 N–H and O–H groups in total. The fraction of sp³-hybridized carbons (Fsp3) is 0.550. The molecule has 2 fully saturated rings. The van der Waals surface area contributed by atoms with Gasteiger partial charge in [0.25, 0.3) is 5.91 Å². The predicted molar refractivity (Wildman–Crippen MR) is 96.6 cm³/mol. The van der Waals surface area contributed by atoms with Gasteiger partial charge in [-0.25, -0.2) is 4.79 Å². The number of hydrogen-bond donors (Lipinski definition) is 2. The van der Waals surface area contributed by atoms with E-state index in [0.29, 0.717) is 24.3 Å². The molecule has 0 bridgehead atoms. The first-order valence-corrected chi connectivity index (χ1v) is 9.43. The number of rotatable bonds is 5. The van der Waals surface area contributed by atoms with E-state index in [1.807, 2.05) is 18.2 Å². The lowest BCUT2D eigenvalue weighted by atomic mass is 9.84. The van der Waals surface area contributed by atoms with Gasteiger partial charge in [-0.05, 0) is 43.7 Å². The zero-order chi connectivity index (χ0) is 18.7. The van der Waals surface area contributed by atoms with Crippen molar-refractivity contribution in [2.24, 2.45) is 5.92 Å². The standard InChI is InChI=1S/C20H26N2O4/c1-2-15(20(25)26)21-18(23)17-12-14-10-6-7-11-16(14)22(17)19(24)13-8-4-3-5-9-13/h3-5,8-9,14-17H,2,6-7,10-12H2,1H3,(H,21,23)(H,25,26). The van der Waals surface area contributed by atoms with Crippen LogP contribution in [0.2, 0.25) is 0 Å². The number of hydrogen-bond acceptors (Lipinski definition) is 3. The highest BCUT2D eigenvalue weighted by atomic mass is 16.4. The van der Waals surface area contributed by atoms with E-state index < -0.39 is 18.1 Å². The molecular formula is C20H26N2O4. The minimum Gasteiger partial charge on any atom is -0.480 e. The molecule has 4 atom stereocenters. The maximum atomic E-state index is 13.1. The van der Waals surface area contributed by atoms with Crippen molar-refractivity contribution in [3.63, 3.8) is 0 Å². The van der Waals surface area contributed by atoms with Gasteiger partial charge in [0.05, 0.1) is 0 Å². The number of aliphatic carboxylic acids is 1. The number of carboxylic acids is 1. The van der Waals surface area contributed by atoms with E-state index in [0.717, 1.165) is 25.7 Å². The lowest BCUT2D eigenvalue weighted by molar-refractivity contribution is -0.142. The van der Waals surface area contributed by atoms with E-state index >= 15 is 0 Å². The Labute approximate surface area is 153 Å². The summed E-state index contributed by atoms with van der Waals surface area (Å²) < 4.78 is 0. The highest BCUT2D eigenvalue weighted by molar-refractivity contribution is 5.98. The van der Waals surface area contributed by atoms with Gasteiger partial charge in [-0.15, -0.1) is 0 Å². The monoisotopic (exact) mass is 358 g/mol. The average Bonchev–Trinajstić information content (AvgIpc) is 3.05. The Bertz CT molecular complexity index is 676. The van der Waals surface area contributed by atoms with Crippen molar-refractivity contribution >= 4 is 17.8 Å². The molecule has 140 valence electrons. The second-order valence-corrected chi connectivity index (χ2v) is 7.25. The second-order valence-electron chi connectivity index (χ2n) is 7.25. The highest BCUT2D eigenvalue weighted by Crippen LogP contribution is 2.40.